The topological polar surface area (TPSA) is 0 Å². The highest BCUT2D eigenvalue weighted by Gasteiger charge is 2.19. The van der Waals surface area contributed by atoms with E-state index in [1.165, 1.54) is 101 Å². The predicted octanol–water partition coefficient (Wildman–Crippen LogP) is 6.17. The Hall–Kier alpha value is -0.0400. The van der Waals surface area contributed by atoms with E-state index in [1.807, 2.05) is 0 Å². The molecule has 1 heteroatoms. The summed E-state index contributed by atoms with van der Waals surface area (Å²) in [7, 11) is 2.52. The van der Waals surface area contributed by atoms with Crippen LogP contribution in [-0.4, -0.2) is 31.2 Å². The van der Waals surface area contributed by atoms with Gasteiger partial charge in [0.2, 0.25) is 0 Å². The lowest BCUT2D eigenvalue weighted by Crippen LogP contribution is -2.46. The molecule has 0 aromatic heterocycles. The lowest BCUT2D eigenvalue weighted by molar-refractivity contribution is -0.910. The van der Waals surface area contributed by atoms with Gasteiger partial charge in [-0.15, -0.1) is 0 Å². The zero-order valence-corrected chi connectivity index (χ0v) is 15.1. The molecule has 122 valence electrons. The van der Waals surface area contributed by atoms with Crippen LogP contribution in [0.1, 0.15) is 97.8 Å². The van der Waals surface area contributed by atoms with E-state index < -0.39 is 0 Å². The van der Waals surface area contributed by atoms with Gasteiger partial charge in [-0.25, -0.2) is 0 Å². The second kappa shape index (κ2) is 13.9. The second-order valence-electron chi connectivity index (χ2n) is 6.97. The molecule has 1 nitrogen and oxygen atoms in total. The summed E-state index contributed by atoms with van der Waals surface area (Å²) in [4.78, 5) is 0. The third-order valence-corrected chi connectivity index (χ3v) is 4.65. The summed E-state index contributed by atoms with van der Waals surface area (Å²) in [6.45, 7) is 11.2. The van der Waals surface area contributed by atoms with Crippen molar-refractivity contribution in [2.24, 2.45) is 0 Å². The number of nitrogens with zero attached hydrogens (tertiary/aromatic N) is 1. The minimum absolute atomic E-state index is 1.34. The van der Waals surface area contributed by atoms with Gasteiger partial charge in [0.1, 0.15) is 0 Å². The maximum Gasteiger partial charge on any atom is 0.0784 e. The van der Waals surface area contributed by atoms with E-state index in [4.69, 9.17) is 0 Å². The van der Waals surface area contributed by atoms with E-state index in [0.717, 1.165) is 0 Å². The van der Waals surface area contributed by atoms with Gasteiger partial charge in [-0.3, -0.25) is 0 Å². The Morgan fingerprint density at radius 3 is 1.00 bits per heavy atom. The molecule has 0 aliphatic heterocycles. The van der Waals surface area contributed by atoms with Crippen molar-refractivity contribution < 1.29 is 4.48 Å². The van der Waals surface area contributed by atoms with Crippen molar-refractivity contribution in [1.82, 2.24) is 0 Å². The molecule has 0 fully saturated rings. The molecule has 0 saturated heterocycles. The summed E-state index contributed by atoms with van der Waals surface area (Å²) < 4.78 is 1.34. The Morgan fingerprint density at radius 1 is 0.450 bits per heavy atom. The second-order valence-corrected chi connectivity index (χ2v) is 6.97. The summed E-state index contributed by atoms with van der Waals surface area (Å²) in [5.74, 6) is 0. The van der Waals surface area contributed by atoms with Crippen LogP contribution in [-0.2, 0) is 0 Å². The first-order chi connectivity index (χ1) is 9.68. The summed E-state index contributed by atoms with van der Waals surface area (Å²) in [5, 5.41) is 0. The first-order valence-electron chi connectivity index (χ1n) is 9.52. The van der Waals surface area contributed by atoms with Gasteiger partial charge in [0.15, 0.2) is 0 Å². The standard InChI is InChI=1S/C19H42N/c1-5-8-11-14-17-20(4,18-15-12-9-6-2)19-16-13-10-7-3/h5-19H2,1-4H3/q+1. The number of unbranched alkanes of at least 4 members (excludes halogenated alkanes) is 9. The van der Waals surface area contributed by atoms with Crippen LogP contribution in [0.4, 0.5) is 0 Å². The molecule has 0 bridgehead atoms. The Labute approximate surface area is 129 Å². The summed E-state index contributed by atoms with van der Waals surface area (Å²) >= 11 is 0. The molecule has 0 saturated carbocycles. The van der Waals surface area contributed by atoms with Crippen LogP contribution in [0.3, 0.4) is 0 Å². The molecule has 0 N–H and O–H groups in total. The number of hydrogen-bond donors (Lipinski definition) is 0. The van der Waals surface area contributed by atoms with Crippen LogP contribution in [0.5, 0.6) is 0 Å². The quantitative estimate of drug-likeness (QED) is 0.249. The van der Waals surface area contributed by atoms with Crippen LogP contribution < -0.4 is 0 Å². The fourth-order valence-electron chi connectivity index (χ4n) is 3.10. The Balaban J connectivity index is 3.98. The van der Waals surface area contributed by atoms with Gasteiger partial charge in [-0.1, -0.05) is 59.3 Å². The minimum atomic E-state index is 1.34. The largest absolute Gasteiger partial charge is 0.326 e. The van der Waals surface area contributed by atoms with E-state index >= 15 is 0 Å². The average Bonchev–Trinajstić information content (AvgIpc) is 2.45. The molecule has 20 heavy (non-hydrogen) atoms. The van der Waals surface area contributed by atoms with Crippen molar-refractivity contribution in [2.75, 3.05) is 26.7 Å². The fraction of sp³-hybridized carbons (Fsp3) is 1.00. The maximum absolute atomic E-state index is 2.52. The number of hydrogen-bond acceptors (Lipinski definition) is 0. The van der Waals surface area contributed by atoms with Crippen molar-refractivity contribution in [2.45, 2.75) is 97.8 Å². The van der Waals surface area contributed by atoms with Gasteiger partial charge in [0, 0.05) is 0 Å². The number of rotatable bonds is 15. The lowest BCUT2D eigenvalue weighted by atomic mass is 10.1. The van der Waals surface area contributed by atoms with Gasteiger partial charge < -0.3 is 4.48 Å². The highest BCUT2D eigenvalue weighted by atomic mass is 15.3. The molecule has 0 radical (unpaired) electrons. The lowest BCUT2D eigenvalue weighted by Gasteiger charge is -2.35. The molecule has 0 spiro atoms. The Bertz CT molecular complexity index is 157. The van der Waals surface area contributed by atoms with Gasteiger partial charge in [0.05, 0.1) is 26.7 Å². The first-order valence-corrected chi connectivity index (χ1v) is 9.52. The van der Waals surface area contributed by atoms with Gasteiger partial charge >= 0.3 is 0 Å². The van der Waals surface area contributed by atoms with Crippen LogP contribution in [0, 0.1) is 0 Å². The van der Waals surface area contributed by atoms with Gasteiger partial charge in [0.25, 0.3) is 0 Å². The van der Waals surface area contributed by atoms with E-state index in [9.17, 15) is 0 Å². The summed E-state index contributed by atoms with van der Waals surface area (Å²) in [6, 6.07) is 0. The first kappa shape index (κ1) is 20.0. The van der Waals surface area contributed by atoms with E-state index in [0.29, 0.717) is 0 Å². The Morgan fingerprint density at radius 2 is 0.750 bits per heavy atom. The molecule has 0 unspecified atom stereocenters. The Kier molecular flexibility index (Phi) is 13.9. The third-order valence-electron chi connectivity index (χ3n) is 4.65. The van der Waals surface area contributed by atoms with Crippen molar-refractivity contribution >= 4 is 0 Å². The van der Waals surface area contributed by atoms with Gasteiger partial charge in [-0.05, 0) is 38.5 Å². The predicted molar refractivity (Wildman–Crippen MR) is 93.2 cm³/mol. The summed E-state index contributed by atoms with van der Waals surface area (Å²) in [5.41, 5.74) is 0. The van der Waals surface area contributed by atoms with Crippen molar-refractivity contribution in [1.29, 1.82) is 0 Å². The third kappa shape index (κ3) is 11.8. The van der Waals surface area contributed by atoms with Crippen molar-refractivity contribution in [3.05, 3.63) is 0 Å². The molecule has 0 amide bonds. The highest BCUT2D eigenvalue weighted by molar-refractivity contribution is 4.48. The zero-order chi connectivity index (χ0) is 15.1. The maximum atomic E-state index is 2.52. The minimum Gasteiger partial charge on any atom is -0.326 e. The zero-order valence-electron chi connectivity index (χ0n) is 15.1. The van der Waals surface area contributed by atoms with Crippen molar-refractivity contribution in [3.63, 3.8) is 0 Å². The monoisotopic (exact) mass is 284 g/mol. The van der Waals surface area contributed by atoms with E-state index in [2.05, 4.69) is 27.8 Å². The molecule has 0 aromatic rings. The van der Waals surface area contributed by atoms with Crippen LogP contribution in [0.25, 0.3) is 0 Å². The average molecular weight is 285 g/mol. The molecule has 0 rings (SSSR count). The molecular formula is C19H42N+. The molecule has 0 aliphatic carbocycles. The van der Waals surface area contributed by atoms with Crippen molar-refractivity contribution in [3.8, 4) is 0 Å². The number of quaternary nitrogens is 1. The molecule has 0 heterocycles. The van der Waals surface area contributed by atoms with Gasteiger partial charge in [-0.2, -0.15) is 0 Å². The van der Waals surface area contributed by atoms with Crippen LogP contribution in [0.15, 0.2) is 0 Å². The molecule has 0 aliphatic rings. The molecule has 0 aromatic carbocycles. The normalized spacial score (nSPS) is 12.0. The summed E-state index contributed by atoms with van der Waals surface area (Å²) in [6.07, 6.45) is 17.0. The SMILES string of the molecule is CCCCCC[N+](C)(CCCCCC)CCCCCC. The van der Waals surface area contributed by atoms with Crippen LogP contribution in [0.2, 0.25) is 0 Å². The fourth-order valence-corrected chi connectivity index (χ4v) is 3.10. The van der Waals surface area contributed by atoms with Crippen LogP contribution >= 0.6 is 0 Å². The van der Waals surface area contributed by atoms with E-state index in [-0.39, 0.29) is 0 Å². The molecule has 0 atom stereocenters. The smallest absolute Gasteiger partial charge is 0.0784 e. The highest BCUT2D eigenvalue weighted by Crippen LogP contribution is 2.14. The van der Waals surface area contributed by atoms with E-state index in [1.54, 1.807) is 0 Å². The molecular weight excluding hydrogens is 242 g/mol.